The normalized spacial score (nSPS) is 10.3. The lowest BCUT2D eigenvalue weighted by Gasteiger charge is -2.02. The van der Waals surface area contributed by atoms with Gasteiger partial charge < -0.3 is 11.5 Å². The molecule has 0 aliphatic rings. The molecule has 0 fully saturated rings. The first-order valence-electron chi connectivity index (χ1n) is 4.13. The molecule has 0 saturated heterocycles. The Morgan fingerprint density at radius 1 is 1.29 bits per heavy atom. The number of nitrogen functional groups attached to an aromatic ring is 1. The van der Waals surface area contributed by atoms with Gasteiger partial charge in [0.25, 0.3) is 5.91 Å². The molecule has 1 aromatic heterocycles. The second-order valence-electron chi connectivity index (χ2n) is 2.98. The molecule has 0 aliphatic heterocycles. The molecule has 70 valence electrons. The van der Waals surface area contributed by atoms with Gasteiger partial charge in [0, 0.05) is 5.39 Å². The van der Waals surface area contributed by atoms with Gasteiger partial charge in [-0.1, -0.05) is 18.2 Å². The SMILES string of the molecule is NC(=O)c1nc2ccccc2cc1N. The van der Waals surface area contributed by atoms with Gasteiger partial charge in [-0.3, -0.25) is 4.79 Å². The highest BCUT2D eigenvalue weighted by atomic mass is 16.1. The molecule has 2 aromatic rings. The van der Waals surface area contributed by atoms with E-state index in [-0.39, 0.29) is 5.69 Å². The second-order valence-corrected chi connectivity index (χ2v) is 2.98. The summed E-state index contributed by atoms with van der Waals surface area (Å²) < 4.78 is 0. The Morgan fingerprint density at radius 3 is 2.71 bits per heavy atom. The average Bonchev–Trinajstić information content (AvgIpc) is 2.16. The van der Waals surface area contributed by atoms with Crippen molar-refractivity contribution in [1.82, 2.24) is 4.98 Å². The van der Waals surface area contributed by atoms with Crippen molar-refractivity contribution in [3.8, 4) is 0 Å². The van der Waals surface area contributed by atoms with Crippen LogP contribution in [0.25, 0.3) is 10.9 Å². The smallest absolute Gasteiger partial charge is 0.269 e. The molecule has 0 spiro atoms. The maximum absolute atomic E-state index is 10.9. The Labute approximate surface area is 80.5 Å². The number of anilines is 1. The summed E-state index contributed by atoms with van der Waals surface area (Å²) in [7, 11) is 0. The van der Waals surface area contributed by atoms with Crippen LogP contribution in [0.3, 0.4) is 0 Å². The number of hydrogen-bond acceptors (Lipinski definition) is 3. The van der Waals surface area contributed by atoms with Crippen molar-refractivity contribution in [2.75, 3.05) is 5.73 Å². The topological polar surface area (TPSA) is 82.0 Å². The lowest BCUT2D eigenvalue weighted by atomic mass is 10.2. The summed E-state index contributed by atoms with van der Waals surface area (Å²) in [6, 6.07) is 9.11. The Balaban J connectivity index is 2.77. The highest BCUT2D eigenvalue weighted by molar-refractivity contribution is 5.99. The van der Waals surface area contributed by atoms with E-state index < -0.39 is 5.91 Å². The van der Waals surface area contributed by atoms with E-state index in [0.717, 1.165) is 10.9 Å². The minimum atomic E-state index is -0.603. The van der Waals surface area contributed by atoms with Crippen molar-refractivity contribution < 1.29 is 4.79 Å². The molecule has 0 unspecified atom stereocenters. The zero-order valence-corrected chi connectivity index (χ0v) is 7.40. The maximum Gasteiger partial charge on any atom is 0.269 e. The van der Waals surface area contributed by atoms with E-state index in [0.29, 0.717) is 5.69 Å². The first kappa shape index (κ1) is 8.50. The van der Waals surface area contributed by atoms with Gasteiger partial charge in [0.2, 0.25) is 0 Å². The molecule has 4 heteroatoms. The van der Waals surface area contributed by atoms with Crippen LogP contribution >= 0.6 is 0 Å². The summed E-state index contributed by atoms with van der Waals surface area (Å²) in [5, 5.41) is 0.898. The van der Waals surface area contributed by atoms with E-state index in [1.165, 1.54) is 0 Å². The van der Waals surface area contributed by atoms with Crippen LogP contribution in [0.2, 0.25) is 0 Å². The molecule has 4 nitrogen and oxygen atoms in total. The first-order valence-corrected chi connectivity index (χ1v) is 4.13. The molecule has 0 aliphatic carbocycles. The number of benzene rings is 1. The average molecular weight is 187 g/mol. The Hall–Kier alpha value is -2.10. The molecule has 0 atom stereocenters. The largest absolute Gasteiger partial charge is 0.397 e. The van der Waals surface area contributed by atoms with Gasteiger partial charge in [-0.15, -0.1) is 0 Å². The van der Waals surface area contributed by atoms with Crippen molar-refractivity contribution in [3.63, 3.8) is 0 Å². The van der Waals surface area contributed by atoms with Crippen molar-refractivity contribution in [1.29, 1.82) is 0 Å². The predicted octanol–water partition coefficient (Wildman–Crippen LogP) is 0.916. The highest BCUT2D eigenvalue weighted by Gasteiger charge is 2.08. The monoisotopic (exact) mass is 187 g/mol. The number of nitrogens with two attached hydrogens (primary N) is 2. The number of rotatable bonds is 1. The quantitative estimate of drug-likeness (QED) is 0.696. The summed E-state index contributed by atoms with van der Waals surface area (Å²) in [5.74, 6) is -0.603. The van der Waals surface area contributed by atoms with Crippen LogP contribution in [0, 0.1) is 0 Å². The number of para-hydroxylation sites is 1. The van der Waals surface area contributed by atoms with Gasteiger partial charge >= 0.3 is 0 Å². The van der Waals surface area contributed by atoms with Gasteiger partial charge in [-0.05, 0) is 12.1 Å². The van der Waals surface area contributed by atoms with Gasteiger partial charge in [0.15, 0.2) is 5.69 Å². The number of amides is 1. The lowest BCUT2D eigenvalue weighted by Crippen LogP contribution is -2.15. The van der Waals surface area contributed by atoms with Crippen LogP contribution in [0.4, 0.5) is 5.69 Å². The van der Waals surface area contributed by atoms with E-state index in [9.17, 15) is 4.79 Å². The third kappa shape index (κ3) is 1.26. The van der Waals surface area contributed by atoms with Crippen LogP contribution in [0.1, 0.15) is 10.5 Å². The number of fused-ring (bicyclic) bond motifs is 1. The zero-order chi connectivity index (χ0) is 10.1. The lowest BCUT2D eigenvalue weighted by molar-refractivity contribution is 0.0997. The fraction of sp³-hybridized carbons (Fsp3) is 0. The van der Waals surface area contributed by atoms with Crippen LogP contribution in [0.5, 0.6) is 0 Å². The highest BCUT2D eigenvalue weighted by Crippen LogP contribution is 2.17. The van der Waals surface area contributed by atoms with Crippen LogP contribution in [-0.2, 0) is 0 Å². The summed E-state index contributed by atoms with van der Waals surface area (Å²) in [5.41, 5.74) is 11.9. The van der Waals surface area contributed by atoms with Crippen LogP contribution in [0.15, 0.2) is 30.3 Å². The number of carbonyl (C=O) groups is 1. The fourth-order valence-electron chi connectivity index (χ4n) is 1.33. The van der Waals surface area contributed by atoms with Gasteiger partial charge in [-0.2, -0.15) is 0 Å². The first-order chi connectivity index (χ1) is 6.68. The van der Waals surface area contributed by atoms with E-state index in [1.54, 1.807) is 12.1 Å². The van der Waals surface area contributed by atoms with E-state index in [4.69, 9.17) is 11.5 Å². The summed E-state index contributed by atoms with van der Waals surface area (Å²) >= 11 is 0. The molecule has 0 saturated carbocycles. The molecule has 4 N–H and O–H groups in total. The second kappa shape index (κ2) is 2.99. The summed E-state index contributed by atoms with van der Waals surface area (Å²) in [6.45, 7) is 0. The third-order valence-corrected chi connectivity index (χ3v) is 1.99. The molecule has 0 bridgehead atoms. The van der Waals surface area contributed by atoms with Crippen molar-refractivity contribution in [2.45, 2.75) is 0 Å². The summed E-state index contributed by atoms with van der Waals surface area (Å²) in [6.07, 6.45) is 0. The molecule has 1 amide bonds. The molecular formula is C10H9N3O. The maximum atomic E-state index is 10.9. The third-order valence-electron chi connectivity index (χ3n) is 1.99. The van der Waals surface area contributed by atoms with Crippen molar-refractivity contribution >= 4 is 22.5 Å². The molecular weight excluding hydrogens is 178 g/mol. The van der Waals surface area contributed by atoms with E-state index in [2.05, 4.69) is 4.98 Å². The molecule has 1 aromatic carbocycles. The number of pyridine rings is 1. The minimum absolute atomic E-state index is 0.128. The molecule has 0 radical (unpaired) electrons. The Kier molecular flexibility index (Phi) is 1.81. The number of aromatic nitrogens is 1. The predicted molar refractivity (Wildman–Crippen MR) is 54.7 cm³/mol. The summed E-state index contributed by atoms with van der Waals surface area (Å²) in [4.78, 5) is 15.0. The van der Waals surface area contributed by atoms with Gasteiger partial charge in [0.1, 0.15) is 0 Å². The van der Waals surface area contributed by atoms with Gasteiger partial charge in [-0.25, -0.2) is 4.98 Å². The van der Waals surface area contributed by atoms with Gasteiger partial charge in [0.05, 0.1) is 11.2 Å². The number of nitrogens with zero attached hydrogens (tertiary/aromatic N) is 1. The Bertz CT molecular complexity index is 508. The number of hydrogen-bond donors (Lipinski definition) is 2. The van der Waals surface area contributed by atoms with Crippen LogP contribution in [-0.4, -0.2) is 10.9 Å². The standard InChI is InChI=1S/C10H9N3O/c11-7-5-6-3-1-2-4-8(6)13-9(7)10(12)14/h1-5H,11H2,(H2,12,14). The number of carbonyl (C=O) groups excluding carboxylic acids is 1. The van der Waals surface area contributed by atoms with Crippen molar-refractivity contribution in [2.24, 2.45) is 5.73 Å². The van der Waals surface area contributed by atoms with E-state index in [1.807, 2.05) is 18.2 Å². The van der Waals surface area contributed by atoms with Crippen molar-refractivity contribution in [3.05, 3.63) is 36.0 Å². The zero-order valence-electron chi connectivity index (χ0n) is 7.40. The molecule has 1 heterocycles. The number of primary amides is 1. The molecule has 2 rings (SSSR count). The minimum Gasteiger partial charge on any atom is -0.397 e. The Morgan fingerprint density at radius 2 is 2.00 bits per heavy atom. The molecule has 14 heavy (non-hydrogen) atoms. The van der Waals surface area contributed by atoms with E-state index >= 15 is 0 Å². The van der Waals surface area contributed by atoms with Crippen LogP contribution < -0.4 is 11.5 Å². The fourth-order valence-corrected chi connectivity index (χ4v) is 1.33.